The summed E-state index contributed by atoms with van der Waals surface area (Å²) in [5.41, 5.74) is 1.49. The lowest BCUT2D eigenvalue weighted by Crippen LogP contribution is -2.37. The van der Waals surface area contributed by atoms with Crippen molar-refractivity contribution in [3.05, 3.63) is 34.3 Å². The van der Waals surface area contributed by atoms with E-state index in [2.05, 4.69) is 58.9 Å². The molecule has 1 aliphatic heterocycles. The average Bonchev–Trinajstić information content (AvgIpc) is 2.30. The third-order valence-electron chi connectivity index (χ3n) is 3.60. The van der Waals surface area contributed by atoms with Gasteiger partial charge >= 0.3 is 0 Å². The number of benzene rings is 1. The second-order valence-electron chi connectivity index (χ2n) is 4.93. The molecule has 0 aromatic heterocycles. The number of hydrogen-bond acceptors (Lipinski definition) is 1. The van der Waals surface area contributed by atoms with Crippen molar-refractivity contribution >= 4 is 15.9 Å². The largest absolute Gasteiger partial charge is 0.301 e. The van der Waals surface area contributed by atoms with Gasteiger partial charge in [-0.3, -0.25) is 0 Å². The van der Waals surface area contributed by atoms with E-state index in [9.17, 15) is 0 Å². The van der Waals surface area contributed by atoms with Crippen LogP contribution in [0.4, 0.5) is 0 Å². The summed E-state index contributed by atoms with van der Waals surface area (Å²) in [5, 5.41) is 0. The average molecular weight is 282 g/mol. The Morgan fingerprint density at radius 2 is 1.81 bits per heavy atom. The molecule has 88 valence electrons. The molecule has 1 aromatic rings. The summed E-state index contributed by atoms with van der Waals surface area (Å²) in [5.74, 6) is 0.741. The fourth-order valence-corrected chi connectivity index (χ4v) is 3.14. The van der Waals surface area contributed by atoms with Gasteiger partial charge in [0.1, 0.15) is 0 Å². The first-order chi connectivity index (χ1) is 7.68. The van der Waals surface area contributed by atoms with Crippen LogP contribution in [-0.2, 0) is 0 Å². The molecule has 0 N–H and O–H groups in total. The van der Waals surface area contributed by atoms with E-state index in [0.29, 0.717) is 6.04 Å². The van der Waals surface area contributed by atoms with Crippen molar-refractivity contribution in [2.45, 2.75) is 38.6 Å². The summed E-state index contributed by atoms with van der Waals surface area (Å²) < 4.78 is 1.28. The smallest absolute Gasteiger partial charge is 0.0210 e. The zero-order chi connectivity index (χ0) is 11.5. The van der Waals surface area contributed by atoms with Crippen LogP contribution in [0.25, 0.3) is 0 Å². The van der Waals surface area contributed by atoms with Crippen LogP contribution in [0.2, 0.25) is 0 Å². The molecular weight excluding hydrogens is 262 g/mol. The maximum atomic E-state index is 3.66. The first kappa shape index (κ1) is 12.1. The summed E-state index contributed by atoms with van der Waals surface area (Å²) >= 11 is 3.66. The molecule has 2 heteroatoms. The molecule has 0 radical (unpaired) electrons. The van der Waals surface area contributed by atoms with Crippen molar-refractivity contribution in [2.24, 2.45) is 0 Å². The Balaban J connectivity index is 2.02. The highest BCUT2D eigenvalue weighted by atomic mass is 79.9. The van der Waals surface area contributed by atoms with E-state index in [1.807, 2.05) is 0 Å². The number of piperidine rings is 1. The van der Waals surface area contributed by atoms with Gasteiger partial charge in [0.15, 0.2) is 0 Å². The van der Waals surface area contributed by atoms with Crippen molar-refractivity contribution in [1.29, 1.82) is 0 Å². The number of hydrogen-bond donors (Lipinski definition) is 0. The van der Waals surface area contributed by atoms with E-state index in [1.54, 1.807) is 0 Å². The molecule has 1 saturated heterocycles. The van der Waals surface area contributed by atoms with Gasteiger partial charge in [0.2, 0.25) is 0 Å². The summed E-state index contributed by atoms with van der Waals surface area (Å²) in [6, 6.07) is 9.36. The molecule has 0 bridgehead atoms. The Kier molecular flexibility index (Phi) is 4.04. The quantitative estimate of drug-likeness (QED) is 0.791. The highest BCUT2D eigenvalue weighted by Crippen LogP contribution is 2.33. The first-order valence-corrected chi connectivity index (χ1v) is 6.96. The second-order valence-corrected chi connectivity index (χ2v) is 5.78. The molecule has 16 heavy (non-hydrogen) atoms. The summed E-state index contributed by atoms with van der Waals surface area (Å²) in [6.45, 7) is 7.06. The van der Waals surface area contributed by atoms with Gasteiger partial charge in [0.25, 0.3) is 0 Å². The Bertz CT molecular complexity index is 340. The van der Waals surface area contributed by atoms with Gasteiger partial charge in [0.05, 0.1) is 0 Å². The first-order valence-electron chi connectivity index (χ1n) is 6.17. The van der Waals surface area contributed by atoms with Crippen molar-refractivity contribution in [3.8, 4) is 0 Å². The number of halogens is 1. The molecule has 0 spiro atoms. The predicted octanol–water partition coefficient (Wildman–Crippen LogP) is 4.04. The van der Waals surface area contributed by atoms with Crippen LogP contribution in [-0.4, -0.2) is 24.0 Å². The van der Waals surface area contributed by atoms with Crippen molar-refractivity contribution in [3.63, 3.8) is 0 Å². The lowest BCUT2D eigenvalue weighted by atomic mass is 9.89. The van der Waals surface area contributed by atoms with Crippen molar-refractivity contribution < 1.29 is 0 Å². The molecule has 1 aliphatic rings. The van der Waals surface area contributed by atoms with Crippen LogP contribution in [0.15, 0.2) is 28.7 Å². The minimum absolute atomic E-state index is 0.695. The fourth-order valence-electron chi connectivity index (χ4n) is 2.53. The zero-order valence-electron chi connectivity index (χ0n) is 10.1. The lowest BCUT2D eigenvalue weighted by Gasteiger charge is -2.35. The van der Waals surface area contributed by atoms with Crippen LogP contribution >= 0.6 is 15.9 Å². The standard InChI is InChI=1S/C14H20BrN/c1-11(2)16-9-7-12(8-10-16)13-5-3-4-6-14(13)15/h3-6,11-12H,7-10H2,1-2H3. The predicted molar refractivity (Wildman–Crippen MR) is 72.8 cm³/mol. The Morgan fingerprint density at radius 1 is 1.19 bits per heavy atom. The summed E-state index contributed by atoms with van der Waals surface area (Å²) in [7, 11) is 0. The minimum atomic E-state index is 0.695. The molecule has 2 rings (SSSR count). The summed E-state index contributed by atoms with van der Waals surface area (Å²) in [6.07, 6.45) is 2.58. The Labute approximate surface area is 107 Å². The number of nitrogens with zero attached hydrogens (tertiary/aromatic N) is 1. The van der Waals surface area contributed by atoms with Crippen LogP contribution < -0.4 is 0 Å². The normalized spacial score (nSPS) is 19.2. The van der Waals surface area contributed by atoms with Gasteiger partial charge in [-0.25, -0.2) is 0 Å². The van der Waals surface area contributed by atoms with E-state index in [4.69, 9.17) is 0 Å². The van der Waals surface area contributed by atoms with Crippen LogP contribution in [0, 0.1) is 0 Å². The van der Waals surface area contributed by atoms with Gasteiger partial charge in [-0.1, -0.05) is 34.1 Å². The van der Waals surface area contributed by atoms with Gasteiger partial charge in [-0.2, -0.15) is 0 Å². The molecular formula is C14H20BrN. The van der Waals surface area contributed by atoms with Crippen LogP contribution in [0.1, 0.15) is 38.2 Å². The maximum Gasteiger partial charge on any atom is 0.0210 e. The molecule has 0 saturated carbocycles. The topological polar surface area (TPSA) is 3.24 Å². The number of rotatable bonds is 2. The second kappa shape index (κ2) is 5.33. The van der Waals surface area contributed by atoms with E-state index < -0.39 is 0 Å². The molecule has 1 aromatic carbocycles. The van der Waals surface area contributed by atoms with Gasteiger partial charge in [0, 0.05) is 10.5 Å². The molecule has 0 atom stereocenters. The highest BCUT2D eigenvalue weighted by molar-refractivity contribution is 9.10. The number of likely N-dealkylation sites (tertiary alicyclic amines) is 1. The molecule has 1 fully saturated rings. The van der Waals surface area contributed by atoms with Gasteiger partial charge < -0.3 is 4.90 Å². The highest BCUT2D eigenvalue weighted by Gasteiger charge is 2.22. The van der Waals surface area contributed by atoms with Crippen LogP contribution in [0.3, 0.4) is 0 Å². The van der Waals surface area contributed by atoms with Crippen molar-refractivity contribution in [1.82, 2.24) is 4.90 Å². The van der Waals surface area contributed by atoms with Crippen LogP contribution in [0.5, 0.6) is 0 Å². The monoisotopic (exact) mass is 281 g/mol. The van der Waals surface area contributed by atoms with Gasteiger partial charge in [-0.05, 0) is 57.3 Å². The lowest BCUT2D eigenvalue weighted by molar-refractivity contribution is 0.171. The van der Waals surface area contributed by atoms with E-state index in [0.717, 1.165) is 5.92 Å². The van der Waals surface area contributed by atoms with Crippen molar-refractivity contribution in [2.75, 3.05) is 13.1 Å². The maximum absolute atomic E-state index is 3.66. The van der Waals surface area contributed by atoms with Gasteiger partial charge in [-0.15, -0.1) is 0 Å². The fraction of sp³-hybridized carbons (Fsp3) is 0.571. The summed E-state index contributed by atoms with van der Waals surface area (Å²) in [4.78, 5) is 2.58. The molecule has 0 unspecified atom stereocenters. The van der Waals surface area contributed by atoms with E-state index >= 15 is 0 Å². The minimum Gasteiger partial charge on any atom is -0.301 e. The third kappa shape index (κ3) is 2.67. The third-order valence-corrected chi connectivity index (χ3v) is 4.33. The Hall–Kier alpha value is -0.340. The molecule has 0 aliphatic carbocycles. The van der Waals surface area contributed by atoms with E-state index in [1.165, 1.54) is 36.0 Å². The SMILES string of the molecule is CC(C)N1CCC(c2ccccc2Br)CC1. The molecule has 1 nitrogen and oxygen atoms in total. The Morgan fingerprint density at radius 3 is 2.38 bits per heavy atom. The molecule has 0 amide bonds. The van der Waals surface area contributed by atoms with E-state index in [-0.39, 0.29) is 0 Å². The zero-order valence-corrected chi connectivity index (χ0v) is 11.7. The molecule has 1 heterocycles.